The van der Waals surface area contributed by atoms with Crippen LogP contribution in [0.4, 0.5) is 0 Å². The minimum Gasteiger partial charge on any atom is -0.456 e. The zero-order valence-corrected chi connectivity index (χ0v) is 5.67. The number of unbranched alkanes of at least 4 members (excludes halogenated alkanes) is 1. The second-order valence-electron chi connectivity index (χ2n) is 1.71. The van der Waals surface area contributed by atoms with Gasteiger partial charge in [-0.3, -0.25) is 0 Å². The predicted molar refractivity (Wildman–Crippen MR) is 36.1 cm³/mol. The Hall–Kier alpha value is -1.01. The number of terminal acetylenes is 1. The third-order valence-corrected chi connectivity index (χ3v) is 0.903. The van der Waals surface area contributed by atoms with E-state index in [0.29, 0.717) is 19.4 Å². The molecule has 0 spiro atoms. The molecule has 0 fully saturated rings. The van der Waals surface area contributed by atoms with Crippen molar-refractivity contribution in [3.05, 3.63) is 0 Å². The molecule has 3 nitrogen and oxygen atoms in total. The number of carbonyl (C=O) groups is 1. The lowest BCUT2D eigenvalue weighted by Gasteiger charge is -1.97. The number of carbonyl (C=O) groups excluding carboxylic acids is 1. The van der Waals surface area contributed by atoms with Crippen LogP contribution >= 0.6 is 0 Å². The number of aliphatic hydroxyl groups is 1. The monoisotopic (exact) mass is 142 g/mol. The van der Waals surface area contributed by atoms with E-state index in [-0.39, 0.29) is 6.61 Å². The average molecular weight is 142 g/mol. The zero-order chi connectivity index (χ0) is 7.82. The van der Waals surface area contributed by atoms with Gasteiger partial charge in [0.1, 0.15) is 0 Å². The van der Waals surface area contributed by atoms with E-state index in [9.17, 15) is 4.79 Å². The van der Waals surface area contributed by atoms with Gasteiger partial charge in [0, 0.05) is 12.5 Å². The topological polar surface area (TPSA) is 46.5 Å². The summed E-state index contributed by atoms with van der Waals surface area (Å²) >= 11 is 0. The van der Waals surface area contributed by atoms with Crippen LogP contribution in [0.15, 0.2) is 0 Å². The van der Waals surface area contributed by atoms with Crippen LogP contribution in [0.5, 0.6) is 0 Å². The molecule has 3 heteroatoms. The molecule has 10 heavy (non-hydrogen) atoms. The fraction of sp³-hybridized carbons (Fsp3) is 0.571. The summed E-state index contributed by atoms with van der Waals surface area (Å²) in [6.07, 6.45) is 6.01. The van der Waals surface area contributed by atoms with Gasteiger partial charge < -0.3 is 9.84 Å². The Morgan fingerprint density at radius 2 is 2.30 bits per heavy atom. The molecule has 56 valence electrons. The number of ether oxygens (including phenoxy) is 1. The molecule has 0 saturated carbocycles. The summed E-state index contributed by atoms with van der Waals surface area (Å²) in [4.78, 5) is 10.3. The minimum absolute atomic E-state index is 0.119. The van der Waals surface area contributed by atoms with E-state index in [4.69, 9.17) is 11.5 Å². The molecule has 0 aromatic carbocycles. The molecule has 0 aliphatic heterocycles. The zero-order valence-electron chi connectivity index (χ0n) is 5.67. The maximum atomic E-state index is 10.3. The Kier molecular flexibility index (Phi) is 5.50. The van der Waals surface area contributed by atoms with Crippen molar-refractivity contribution >= 4 is 5.97 Å². The van der Waals surface area contributed by atoms with Crippen LogP contribution in [0, 0.1) is 12.3 Å². The van der Waals surface area contributed by atoms with Crippen molar-refractivity contribution in [2.45, 2.75) is 12.8 Å². The van der Waals surface area contributed by atoms with Gasteiger partial charge in [0.2, 0.25) is 0 Å². The Balaban J connectivity index is 3.06. The third kappa shape index (κ3) is 5.13. The van der Waals surface area contributed by atoms with E-state index in [2.05, 4.69) is 4.74 Å². The molecule has 0 atom stereocenters. The van der Waals surface area contributed by atoms with Gasteiger partial charge in [-0.2, -0.15) is 0 Å². The van der Waals surface area contributed by atoms with Crippen LogP contribution < -0.4 is 0 Å². The molecule has 0 saturated heterocycles. The van der Waals surface area contributed by atoms with Gasteiger partial charge in [-0.05, 0) is 12.8 Å². The molecule has 0 amide bonds. The van der Waals surface area contributed by atoms with Crippen molar-refractivity contribution in [3.8, 4) is 12.3 Å². The molecule has 0 rings (SSSR count). The first-order valence-electron chi connectivity index (χ1n) is 3.05. The predicted octanol–water partition coefficient (Wildman–Crippen LogP) is -0.0647. The van der Waals surface area contributed by atoms with Gasteiger partial charge in [0.15, 0.2) is 0 Å². The molecular formula is C7H10O3. The minimum atomic E-state index is -0.641. The van der Waals surface area contributed by atoms with Crippen LogP contribution in [0.2, 0.25) is 0 Å². The molecular weight excluding hydrogens is 132 g/mol. The van der Waals surface area contributed by atoms with E-state index >= 15 is 0 Å². The maximum absolute atomic E-state index is 10.3. The highest BCUT2D eigenvalue weighted by molar-refractivity contribution is 5.87. The lowest BCUT2D eigenvalue weighted by molar-refractivity contribution is -0.136. The number of hydrogen-bond donors (Lipinski definition) is 1. The quantitative estimate of drug-likeness (QED) is 0.259. The molecule has 0 unspecified atom stereocenters. The second-order valence-corrected chi connectivity index (χ2v) is 1.71. The fourth-order valence-electron chi connectivity index (χ4n) is 0.420. The van der Waals surface area contributed by atoms with E-state index < -0.39 is 5.97 Å². The Bertz CT molecular complexity index is 134. The van der Waals surface area contributed by atoms with Gasteiger partial charge in [-0.1, -0.05) is 0 Å². The second kappa shape index (κ2) is 6.12. The normalized spacial score (nSPS) is 8.40. The Labute approximate surface area is 60.0 Å². The summed E-state index contributed by atoms with van der Waals surface area (Å²) in [6, 6.07) is 0. The molecule has 0 aliphatic rings. The van der Waals surface area contributed by atoms with Crippen LogP contribution in [0.3, 0.4) is 0 Å². The van der Waals surface area contributed by atoms with Crippen molar-refractivity contribution in [2.75, 3.05) is 13.2 Å². The first-order chi connectivity index (χ1) is 4.81. The van der Waals surface area contributed by atoms with E-state index in [1.807, 2.05) is 5.92 Å². The van der Waals surface area contributed by atoms with Crippen molar-refractivity contribution in [1.82, 2.24) is 0 Å². The molecule has 0 radical (unpaired) electrons. The largest absolute Gasteiger partial charge is 0.456 e. The highest BCUT2D eigenvalue weighted by Crippen LogP contribution is 1.87. The van der Waals surface area contributed by atoms with Crippen molar-refractivity contribution in [3.63, 3.8) is 0 Å². The van der Waals surface area contributed by atoms with Crippen LogP contribution in [-0.4, -0.2) is 24.3 Å². The summed E-state index contributed by atoms with van der Waals surface area (Å²) in [5.41, 5.74) is 0. The average Bonchev–Trinajstić information content (AvgIpc) is 1.98. The van der Waals surface area contributed by atoms with Crippen LogP contribution in [0.25, 0.3) is 0 Å². The molecule has 0 heterocycles. The fourth-order valence-corrected chi connectivity index (χ4v) is 0.420. The van der Waals surface area contributed by atoms with E-state index in [1.54, 1.807) is 0 Å². The first kappa shape index (κ1) is 8.99. The molecule has 1 N–H and O–H groups in total. The Morgan fingerprint density at radius 1 is 1.60 bits per heavy atom. The third-order valence-electron chi connectivity index (χ3n) is 0.903. The summed E-state index contributed by atoms with van der Waals surface area (Å²) in [5.74, 6) is 1.18. The molecule has 0 aromatic rings. The van der Waals surface area contributed by atoms with Crippen molar-refractivity contribution in [2.24, 2.45) is 0 Å². The summed E-state index contributed by atoms with van der Waals surface area (Å²) in [7, 11) is 0. The van der Waals surface area contributed by atoms with E-state index in [1.165, 1.54) is 0 Å². The highest BCUT2D eigenvalue weighted by atomic mass is 16.5. The molecule has 0 aromatic heterocycles. The smallest absolute Gasteiger partial charge is 0.384 e. The SMILES string of the molecule is C#CC(=O)OCCCCO. The maximum Gasteiger partial charge on any atom is 0.384 e. The summed E-state index contributed by atoms with van der Waals surface area (Å²) < 4.78 is 4.51. The van der Waals surface area contributed by atoms with Gasteiger partial charge in [0.25, 0.3) is 0 Å². The first-order valence-corrected chi connectivity index (χ1v) is 3.05. The highest BCUT2D eigenvalue weighted by Gasteiger charge is 1.93. The molecule has 0 bridgehead atoms. The summed E-state index contributed by atoms with van der Waals surface area (Å²) in [5, 5.41) is 8.31. The number of hydrogen-bond acceptors (Lipinski definition) is 3. The number of rotatable bonds is 4. The van der Waals surface area contributed by atoms with Crippen LogP contribution in [-0.2, 0) is 9.53 Å². The Morgan fingerprint density at radius 3 is 2.80 bits per heavy atom. The standard InChI is InChI=1S/C7H10O3/c1-2-7(9)10-6-4-3-5-8/h1,8H,3-6H2. The van der Waals surface area contributed by atoms with Gasteiger partial charge >= 0.3 is 5.97 Å². The number of aliphatic hydroxyl groups excluding tert-OH is 1. The number of esters is 1. The lowest BCUT2D eigenvalue weighted by atomic mass is 10.3. The van der Waals surface area contributed by atoms with Crippen molar-refractivity contribution < 1.29 is 14.6 Å². The van der Waals surface area contributed by atoms with Gasteiger partial charge in [0.05, 0.1) is 6.61 Å². The lowest BCUT2D eigenvalue weighted by Crippen LogP contribution is -2.02. The summed E-state index contributed by atoms with van der Waals surface area (Å²) in [6.45, 7) is 0.414. The molecule has 0 aliphatic carbocycles. The van der Waals surface area contributed by atoms with Crippen LogP contribution in [0.1, 0.15) is 12.8 Å². The van der Waals surface area contributed by atoms with Gasteiger partial charge in [-0.25, -0.2) is 4.79 Å². The van der Waals surface area contributed by atoms with Gasteiger partial charge in [-0.15, -0.1) is 6.42 Å². The van der Waals surface area contributed by atoms with E-state index in [0.717, 1.165) is 0 Å². The van der Waals surface area contributed by atoms with Crippen molar-refractivity contribution in [1.29, 1.82) is 0 Å².